The lowest BCUT2D eigenvalue weighted by Crippen LogP contribution is -2.37. The van der Waals surface area contributed by atoms with E-state index >= 15 is 0 Å². The topological polar surface area (TPSA) is 21.3 Å². The predicted octanol–water partition coefficient (Wildman–Crippen LogP) is 3.75. The zero-order chi connectivity index (χ0) is 12.4. The highest BCUT2D eigenvalue weighted by atomic mass is 16.5. The highest BCUT2D eigenvalue weighted by molar-refractivity contribution is 4.84. The molecule has 17 heavy (non-hydrogen) atoms. The summed E-state index contributed by atoms with van der Waals surface area (Å²) in [6, 6.07) is 0. The summed E-state index contributed by atoms with van der Waals surface area (Å²) in [5, 5.41) is 3.63. The first-order valence-electron chi connectivity index (χ1n) is 7.61. The number of rotatable bonds is 9. The molecule has 1 rings (SSSR count). The molecule has 1 aliphatic rings. The van der Waals surface area contributed by atoms with E-state index in [0.29, 0.717) is 5.41 Å². The van der Waals surface area contributed by atoms with Gasteiger partial charge >= 0.3 is 0 Å². The summed E-state index contributed by atoms with van der Waals surface area (Å²) in [5.74, 6) is 0. The number of hydrogen-bond acceptors (Lipinski definition) is 2. The normalized spacial score (nSPS) is 19.4. The fourth-order valence-electron chi connectivity index (χ4n) is 2.88. The third-order valence-electron chi connectivity index (χ3n) is 3.97. The van der Waals surface area contributed by atoms with Gasteiger partial charge in [0.2, 0.25) is 0 Å². The Morgan fingerprint density at radius 3 is 2.41 bits per heavy atom. The van der Waals surface area contributed by atoms with Gasteiger partial charge in [0.05, 0.1) is 0 Å². The Balaban J connectivity index is 2.29. The Labute approximate surface area is 108 Å². The van der Waals surface area contributed by atoms with Crippen molar-refractivity contribution in [2.24, 2.45) is 5.41 Å². The van der Waals surface area contributed by atoms with Crippen molar-refractivity contribution in [2.45, 2.75) is 65.2 Å². The standard InChI is InChI=1S/C15H31NO/c1-3-11-16-14-15(8-6-5-7-9-15)10-13-17-12-4-2/h16H,3-14H2,1-2H3. The number of nitrogens with one attached hydrogen (secondary N) is 1. The van der Waals surface area contributed by atoms with Crippen molar-refractivity contribution in [1.82, 2.24) is 5.32 Å². The molecule has 0 aromatic heterocycles. The molecule has 0 atom stereocenters. The molecule has 0 saturated heterocycles. The van der Waals surface area contributed by atoms with Crippen LogP contribution in [0, 0.1) is 5.41 Å². The van der Waals surface area contributed by atoms with Crippen molar-refractivity contribution < 1.29 is 4.74 Å². The molecular weight excluding hydrogens is 210 g/mol. The van der Waals surface area contributed by atoms with Gasteiger partial charge in [0.15, 0.2) is 0 Å². The van der Waals surface area contributed by atoms with Gasteiger partial charge in [-0.05, 0) is 44.1 Å². The van der Waals surface area contributed by atoms with Crippen molar-refractivity contribution in [1.29, 1.82) is 0 Å². The lowest BCUT2D eigenvalue weighted by Gasteiger charge is -2.37. The quantitative estimate of drug-likeness (QED) is 0.621. The number of ether oxygens (including phenoxy) is 1. The summed E-state index contributed by atoms with van der Waals surface area (Å²) in [6.45, 7) is 8.68. The Hall–Kier alpha value is -0.0800. The third kappa shape index (κ3) is 5.87. The second kappa shape index (κ2) is 8.93. The molecule has 0 unspecified atom stereocenters. The molecule has 102 valence electrons. The summed E-state index contributed by atoms with van der Waals surface area (Å²) >= 11 is 0. The minimum atomic E-state index is 0.543. The van der Waals surface area contributed by atoms with E-state index in [4.69, 9.17) is 4.74 Å². The largest absolute Gasteiger partial charge is 0.381 e. The van der Waals surface area contributed by atoms with Crippen LogP contribution in [-0.4, -0.2) is 26.3 Å². The van der Waals surface area contributed by atoms with Gasteiger partial charge in [-0.3, -0.25) is 0 Å². The Kier molecular flexibility index (Phi) is 7.87. The molecule has 0 aliphatic heterocycles. The summed E-state index contributed by atoms with van der Waals surface area (Å²) in [6.07, 6.45) is 10.7. The average molecular weight is 241 g/mol. The molecule has 0 amide bonds. The maximum atomic E-state index is 5.69. The van der Waals surface area contributed by atoms with Crippen molar-refractivity contribution in [3.05, 3.63) is 0 Å². The van der Waals surface area contributed by atoms with E-state index in [-0.39, 0.29) is 0 Å². The average Bonchev–Trinajstić information content (AvgIpc) is 2.36. The molecule has 0 heterocycles. The van der Waals surface area contributed by atoms with Gasteiger partial charge in [0.1, 0.15) is 0 Å². The Bertz CT molecular complexity index is 176. The van der Waals surface area contributed by atoms with E-state index in [2.05, 4.69) is 19.2 Å². The van der Waals surface area contributed by atoms with Gasteiger partial charge in [-0.25, -0.2) is 0 Å². The highest BCUT2D eigenvalue weighted by Crippen LogP contribution is 2.38. The van der Waals surface area contributed by atoms with Crippen LogP contribution in [0.4, 0.5) is 0 Å². The Morgan fingerprint density at radius 1 is 1.00 bits per heavy atom. The molecule has 0 aromatic carbocycles. The van der Waals surface area contributed by atoms with Gasteiger partial charge in [0.25, 0.3) is 0 Å². The molecule has 2 heteroatoms. The summed E-state index contributed by atoms with van der Waals surface area (Å²) in [5.41, 5.74) is 0.543. The van der Waals surface area contributed by atoms with E-state index in [0.717, 1.165) is 26.2 Å². The minimum absolute atomic E-state index is 0.543. The van der Waals surface area contributed by atoms with Gasteiger partial charge in [-0.2, -0.15) is 0 Å². The molecule has 1 fully saturated rings. The van der Waals surface area contributed by atoms with Crippen molar-refractivity contribution in [3.8, 4) is 0 Å². The predicted molar refractivity (Wildman–Crippen MR) is 74.4 cm³/mol. The van der Waals surface area contributed by atoms with Crippen LogP contribution in [0.5, 0.6) is 0 Å². The second-order valence-electron chi connectivity index (χ2n) is 5.60. The first kappa shape index (κ1) is 15.0. The van der Waals surface area contributed by atoms with Crippen LogP contribution in [0.1, 0.15) is 65.2 Å². The van der Waals surface area contributed by atoms with Crippen LogP contribution in [0.25, 0.3) is 0 Å². The van der Waals surface area contributed by atoms with Gasteiger partial charge in [-0.15, -0.1) is 0 Å². The zero-order valence-electron chi connectivity index (χ0n) is 11.9. The fourth-order valence-corrected chi connectivity index (χ4v) is 2.88. The van der Waals surface area contributed by atoms with E-state index < -0.39 is 0 Å². The van der Waals surface area contributed by atoms with Crippen LogP contribution in [0.3, 0.4) is 0 Å². The van der Waals surface area contributed by atoms with E-state index in [9.17, 15) is 0 Å². The molecular formula is C15H31NO. The highest BCUT2D eigenvalue weighted by Gasteiger charge is 2.31. The molecule has 1 saturated carbocycles. The maximum Gasteiger partial charge on any atom is 0.0471 e. The Morgan fingerprint density at radius 2 is 1.76 bits per heavy atom. The van der Waals surface area contributed by atoms with Gasteiger partial charge < -0.3 is 10.1 Å². The molecule has 0 spiro atoms. The lowest BCUT2D eigenvalue weighted by molar-refractivity contribution is 0.0733. The molecule has 0 aromatic rings. The second-order valence-corrected chi connectivity index (χ2v) is 5.60. The number of hydrogen-bond donors (Lipinski definition) is 1. The maximum absolute atomic E-state index is 5.69. The minimum Gasteiger partial charge on any atom is -0.381 e. The first-order valence-corrected chi connectivity index (χ1v) is 7.61. The van der Waals surface area contributed by atoms with Crippen molar-refractivity contribution >= 4 is 0 Å². The molecule has 2 nitrogen and oxygen atoms in total. The van der Waals surface area contributed by atoms with Gasteiger partial charge in [-0.1, -0.05) is 33.1 Å². The smallest absolute Gasteiger partial charge is 0.0471 e. The third-order valence-corrected chi connectivity index (χ3v) is 3.97. The summed E-state index contributed by atoms with van der Waals surface area (Å²) < 4.78 is 5.69. The van der Waals surface area contributed by atoms with E-state index in [1.54, 1.807) is 0 Å². The summed E-state index contributed by atoms with van der Waals surface area (Å²) in [4.78, 5) is 0. The van der Waals surface area contributed by atoms with Crippen molar-refractivity contribution in [3.63, 3.8) is 0 Å². The van der Waals surface area contributed by atoms with Crippen LogP contribution in [0.15, 0.2) is 0 Å². The van der Waals surface area contributed by atoms with E-state index in [1.807, 2.05) is 0 Å². The lowest BCUT2D eigenvalue weighted by atomic mass is 9.72. The molecule has 0 bridgehead atoms. The zero-order valence-corrected chi connectivity index (χ0v) is 11.9. The molecule has 1 aliphatic carbocycles. The van der Waals surface area contributed by atoms with E-state index in [1.165, 1.54) is 51.5 Å². The summed E-state index contributed by atoms with van der Waals surface area (Å²) in [7, 11) is 0. The van der Waals surface area contributed by atoms with Crippen LogP contribution in [-0.2, 0) is 4.74 Å². The first-order chi connectivity index (χ1) is 8.33. The van der Waals surface area contributed by atoms with Gasteiger partial charge in [0, 0.05) is 19.8 Å². The van der Waals surface area contributed by atoms with Crippen LogP contribution in [0.2, 0.25) is 0 Å². The monoisotopic (exact) mass is 241 g/mol. The van der Waals surface area contributed by atoms with Crippen LogP contribution >= 0.6 is 0 Å². The molecule has 0 radical (unpaired) electrons. The van der Waals surface area contributed by atoms with Crippen LogP contribution < -0.4 is 5.32 Å². The molecule has 1 N–H and O–H groups in total. The fraction of sp³-hybridized carbons (Fsp3) is 1.00. The van der Waals surface area contributed by atoms with Crippen molar-refractivity contribution in [2.75, 3.05) is 26.3 Å². The SMILES string of the molecule is CCCNCC1(CCOCCC)CCCCC1.